The molecule has 0 aliphatic rings. The number of hydrogen-bond acceptors (Lipinski definition) is 4. The van der Waals surface area contributed by atoms with Gasteiger partial charge in [-0.1, -0.05) is 34.4 Å². The molecule has 0 saturated carbocycles. The maximum absolute atomic E-state index is 11.6. The zero-order chi connectivity index (χ0) is 12.4. The minimum atomic E-state index is -0.647. The van der Waals surface area contributed by atoms with Gasteiger partial charge < -0.3 is 9.26 Å². The lowest BCUT2D eigenvalue weighted by Gasteiger charge is -2.04. The van der Waals surface area contributed by atoms with Gasteiger partial charge in [-0.15, -0.1) is 0 Å². The van der Waals surface area contributed by atoms with Crippen LogP contribution in [-0.2, 0) is 0 Å². The number of halogens is 2. The highest BCUT2D eigenvalue weighted by Gasteiger charge is 2.16. The van der Waals surface area contributed by atoms with Crippen molar-refractivity contribution < 1.29 is 14.1 Å². The van der Waals surface area contributed by atoms with Gasteiger partial charge in [0.1, 0.15) is 10.8 Å². The number of carbonyl (C=O) groups is 1. The second-order valence-corrected chi connectivity index (χ2v) is 4.05. The summed E-state index contributed by atoms with van der Waals surface area (Å²) >= 11 is 11.7. The molecule has 2 rings (SSSR count). The van der Waals surface area contributed by atoms with Gasteiger partial charge in [-0.2, -0.15) is 0 Å². The second kappa shape index (κ2) is 4.77. The summed E-state index contributed by atoms with van der Waals surface area (Å²) in [6, 6.07) is 6.24. The van der Waals surface area contributed by atoms with Gasteiger partial charge >= 0.3 is 5.97 Å². The Morgan fingerprint density at radius 1 is 1.41 bits per heavy atom. The van der Waals surface area contributed by atoms with E-state index in [1.54, 1.807) is 25.1 Å². The van der Waals surface area contributed by atoms with E-state index in [4.69, 9.17) is 32.5 Å². The van der Waals surface area contributed by atoms with E-state index < -0.39 is 5.97 Å². The first-order chi connectivity index (χ1) is 8.08. The Kier molecular flexibility index (Phi) is 3.36. The highest BCUT2D eigenvalue weighted by molar-refractivity contribution is 6.43. The summed E-state index contributed by atoms with van der Waals surface area (Å²) in [5.41, 5.74) is 0.0820. The Labute approximate surface area is 107 Å². The number of aryl methyl sites for hydroxylation is 1. The molecule has 0 radical (unpaired) electrons. The van der Waals surface area contributed by atoms with Crippen molar-refractivity contribution >= 4 is 29.2 Å². The highest BCUT2D eigenvalue weighted by atomic mass is 35.5. The lowest BCUT2D eigenvalue weighted by molar-refractivity contribution is 0.0724. The average Bonchev–Trinajstić information content (AvgIpc) is 2.72. The molecule has 0 N–H and O–H groups in total. The summed E-state index contributed by atoms with van der Waals surface area (Å²) in [4.78, 5) is 11.6. The summed E-state index contributed by atoms with van der Waals surface area (Å²) in [5.74, 6) is 0.0602. The Morgan fingerprint density at radius 3 is 2.82 bits per heavy atom. The van der Waals surface area contributed by atoms with Crippen LogP contribution in [0.25, 0.3) is 0 Å². The Balaban J connectivity index is 2.21. The molecule has 1 aromatic carbocycles. The van der Waals surface area contributed by atoms with Crippen molar-refractivity contribution in [3.63, 3.8) is 0 Å². The third-order valence-electron chi connectivity index (χ3n) is 1.96. The van der Waals surface area contributed by atoms with Crippen LogP contribution in [0.3, 0.4) is 0 Å². The van der Waals surface area contributed by atoms with Crippen LogP contribution in [0.1, 0.15) is 16.2 Å². The molecule has 4 nitrogen and oxygen atoms in total. The molecule has 88 valence electrons. The number of hydrogen-bond donors (Lipinski definition) is 0. The lowest BCUT2D eigenvalue weighted by Crippen LogP contribution is -2.09. The van der Waals surface area contributed by atoms with E-state index in [9.17, 15) is 4.79 Å². The third kappa shape index (κ3) is 2.60. The first-order valence-electron chi connectivity index (χ1n) is 4.67. The topological polar surface area (TPSA) is 52.3 Å². The predicted octanol–water partition coefficient (Wildman–Crippen LogP) is 3.51. The van der Waals surface area contributed by atoms with Crippen LogP contribution in [-0.4, -0.2) is 11.1 Å². The second-order valence-electron chi connectivity index (χ2n) is 3.26. The number of nitrogens with zero attached hydrogens (tertiary/aromatic N) is 1. The fourth-order valence-electron chi connectivity index (χ4n) is 1.18. The molecule has 0 amide bonds. The maximum atomic E-state index is 11.6. The molecule has 0 unspecified atom stereocenters. The van der Waals surface area contributed by atoms with Crippen LogP contribution >= 0.6 is 23.2 Å². The number of ether oxygens (including phenoxy) is 1. The molecule has 0 spiro atoms. The number of rotatable bonds is 2. The van der Waals surface area contributed by atoms with Gasteiger partial charge in [0.25, 0.3) is 0 Å². The first-order valence-corrected chi connectivity index (χ1v) is 5.43. The molecule has 6 heteroatoms. The molecule has 0 aliphatic heterocycles. The maximum Gasteiger partial charge on any atom is 0.365 e. The number of esters is 1. The SMILES string of the molecule is Cc1cc(C(=O)Oc2cccc(Cl)c2Cl)no1. The normalized spacial score (nSPS) is 10.3. The lowest BCUT2D eigenvalue weighted by atomic mass is 10.3. The zero-order valence-electron chi connectivity index (χ0n) is 8.74. The van der Waals surface area contributed by atoms with Gasteiger partial charge in [-0.05, 0) is 19.1 Å². The molecule has 0 aliphatic carbocycles. The van der Waals surface area contributed by atoms with Crippen molar-refractivity contribution in [2.75, 3.05) is 0 Å². The van der Waals surface area contributed by atoms with E-state index in [0.29, 0.717) is 10.8 Å². The van der Waals surface area contributed by atoms with E-state index >= 15 is 0 Å². The van der Waals surface area contributed by atoms with Gasteiger partial charge in [0.05, 0.1) is 5.02 Å². The smallest absolute Gasteiger partial charge is 0.365 e. The third-order valence-corrected chi connectivity index (χ3v) is 2.76. The van der Waals surface area contributed by atoms with E-state index in [1.807, 2.05) is 0 Å². The number of aromatic nitrogens is 1. The molecule has 0 atom stereocenters. The Bertz CT molecular complexity index is 566. The molecule has 0 saturated heterocycles. The van der Waals surface area contributed by atoms with Crippen LogP contribution < -0.4 is 4.74 Å². The van der Waals surface area contributed by atoms with Crippen LogP contribution in [0.2, 0.25) is 10.0 Å². The van der Waals surface area contributed by atoms with Crippen molar-refractivity contribution in [1.82, 2.24) is 5.16 Å². The fourth-order valence-corrected chi connectivity index (χ4v) is 1.51. The van der Waals surface area contributed by atoms with Crippen molar-refractivity contribution in [3.05, 3.63) is 45.8 Å². The summed E-state index contributed by atoms with van der Waals surface area (Å²) in [6.45, 7) is 1.68. The van der Waals surface area contributed by atoms with E-state index in [2.05, 4.69) is 5.16 Å². The van der Waals surface area contributed by atoms with Crippen molar-refractivity contribution in [2.24, 2.45) is 0 Å². The average molecular weight is 272 g/mol. The number of benzene rings is 1. The van der Waals surface area contributed by atoms with Gasteiger partial charge in [-0.25, -0.2) is 4.79 Å². The molecule has 0 fully saturated rings. The quantitative estimate of drug-likeness (QED) is 0.620. The van der Waals surface area contributed by atoms with Gasteiger partial charge in [0.15, 0.2) is 11.4 Å². The summed E-state index contributed by atoms with van der Waals surface area (Å²) < 4.78 is 9.81. The first kappa shape index (κ1) is 12.0. The highest BCUT2D eigenvalue weighted by Crippen LogP contribution is 2.31. The van der Waals surface area contributed by atoms with Gasteiger partial charge in [0.2, 0.25) is 0 Å². The van der Waals surface area contributed by atoms with E-state index in [1.165, 1.54) is 6.07 Å². The number of carbonyl (C=O) groups excluding carboxylic acids is 1. The minimum absolute atomic E-state index is 0.0820. The minimum Gasteiger partial charge on any atom is -0.420 e. The van der Waals surface area contributed by atoms with Crippen LogP contribution in [0.15, 0.2) is 28.8 Å². The molecular weight excluding hydrogens is 265 g/mol. The molecule has 17 heavy (non-hydrogen) atoms. The Hall–Kier alpha value is -1.52. The predicted molar refractivity (Wildman–Crippen MR) is 62.7 cm³/mol. The molecule has 0 bridgehead atoms. The Morgan fingerprint density at radius 2 is 2.18 bits per heavy atom. The summed E-state index contributed by atoms with van der Waals surface area (Å²) in [5, 5.41) is 4.03. The van der Waals surface area contributed by atoms with Crippen LogP contribution in [0.4, 0.5) is 0 Å². The molecule has 1 heterocycles. The largest absolute Gasteiger partial charge is 0.420 e. The van der Waals surface area contributed by atoms with Gasteiger partial charge in [0, 0.05) is 6.07 Å². The molecular formula is C11H7Cl2NO3. The van der Waals surface area contributed by atoms with Crippen LogP contribution in [0.5, 0.6) is 5.75 Å². The van der Waals surface area contributed by atoms with E-state index in [-0.39, 0.29) is 16.5 Å². The standard InChI is InChI=1S/C11H7Cl2NO3/c1-6-5-8(14-17-6)11(15)16-9-4-2-3-7(12)10(9)13/h2-5H,1H3. The van der Waals surface area contributed by atoms with Crippen LogP contribution in [0, 0.1) is 6.92 Å². The summed E-state index contributed by atoms with van der Waals surface area (Å²) in [7, 11) is 0. The van der Waals surface area contributed by atoms with Gasteiger partial charge in [-0.3, -0.25) is 0 Å². The zero-order valence-corrected chi connectivity index (χ0v) is 10.2. The molecule has 2 aromatic rings. The van der Waals surface area contributed by atoms with Crippen molar-refractivity contribution in [2.45, 2.75) is 6.92 Å². The molecule has 1 aromatic heterocycles. The summed E-state index contributed by atoms with van der Waals surface area (Å²) in [6.07, 6.45) is 0. The van der Waals surface area contributed by atoms with Crippen molar-refractivity contribution in [1.29, 1.82) is 0 Å². The monoisotopic (exact) mass is 271 g/mol. The van der Waals surface area contributed by atoms with E-state index in [0.717, 1.165) is 0 Å². The van der Waals surface area contributed by atoms with Crippen molar-refractivity contribution in [3.8, 4) is 5.75 Å². The fraction of sp³-hybridized carbons (Fsp3) is 0.0909.